The molecule has 0 fully saturated rings. The molecule has 0 saturated carbocycles. The first-order valence-corrected chi connectivity index (χ1v) is 11.0. The highest BCUT2D eigenvalue weighted by molar-refractivity contribution is 7.17. The van der Waals surface area contributed by atoms with Gasteiger partial charge in [0.15, 0.2) is 5.76 Å². The van der Waals surface area contributed by atoms with Crippen molar-refractivity contribution in [3.63, 3.8) is 0 Å². The van der Waals surface area contributed by atoms with Gasteiger partial charge >= 0.3 is 5.63 Å². The van der Waals surface area contributed by atoms with E-state index < -0.39 is 11.5 Å². The minimum Gasteiger partial charge on any atom is -0.496 e. The summed E-state index contributed by atoms with van der Waals surface area (Å²) in [6.45, 7) is -0.596. The number of aliphatic hydroxyl groups excluding tert-OH is 1. The Bertz CT molecular complexity index is 1490. The standard InChI is InChI=1S/C21H15ClN6O6S/c1-32-13-4-2-3-11(10-23)16(13)12-9-14(34-19(31)17(12)33-8-7-29)18(30)25-20-26-27-21(35-20)28-15(22)5-6-24-28/h2-6,9,29H,7-8H2,1H3,(H,25,26,30). The largest absolute Gasteiger partial charge is 0.496 e. The molecule has 0 spiro atoms. The summed E-state index contributed by atoms with van der Waals surface area (Å²) in [5.74, 6) is -1.22. The van der Waals surface area contributed by atoms with Crippen molar-refractivity contribution < 1.29 is 23.8 Å². The number of ether oxygens (including phenoxy) is 2. The number of benzene rings is 1. The number of halogens is 1. The molecule has 0 atom stereocenters. The second-order valence-electron chi connectivity index (χ2n) is 6.62. The van der Waals surface area contributed by atoms with Crippen LogP contribution in [-0.4, -0.2) is 51.3 Å². The Morgan fingerprint density at radius 3 is 2.89 bits per heavy atom. The van der Waals surface area contributed by atoms with Crippen LogP contribution in [0.2, 0.25) is 5.15 Å². The molecule has 1 aromatic carbocycles. The van der Waals surface area contributed by atoms with E-state index in [1.807, 2.05) is 6.07 Å². The first-order valence-electron chi connectivity index (χ1n) is 9.80. The van der Waals surface area contributed by atoms with Crippen LogP contribution in [0.5, 0.6) is 11.5 Å². The van der Waals surface area contributed by atoms with Crippen molar-refractivity contribution in [1.29, 1.82) is 5.26 Å². The average Bonchev–Trinajstić information content (AvgIpc) is 3.50. The Labute approximate surface area is 205 Å². The Balaban J connectivity index is 1.75. The van der Waals surface area contributed by atoms with Gasteiger partial charge in [0.05, 0.1) is 31.5 Å². The number of aliphatic hydroxyl groups is 1. The highest BCUT2D eigenvalue weighted by atomic mass is 35.5. The van der Waals surface area contributed by atoms with E-state index in [0.717, 1.165) is 11.3 Å². The fraction of sp³-hybridized carbons (Fsp3) is 0.143. The van der Waals surface area contributed by atoms with Crippen molar-refractivity contribution in [2.75, 3.05) is 25.6 Å². The number of carbonyl (C=O) groups excluding carboxylic acids is 1. The van der Waals surface area contributed by atoms with Crippen LogP contribution in [0.1, 0.15) is 16.1 Å². The number of nitriles is 1. The van der Waals surface area contributed by atoms with Crippen molar-refractivity contribution in [1.82, 2.24) is 20.0 Å². The van der Waals surface area contributed by atoms with Gasteiger partial charge in [0.25, 0.3) is 5.91 Å². The summed E-state index contributed by atoms with van der Waals surface area (Å²) in [5, 5.41) is 33.8. The molecule has 2 N–H and O–H groups in total. The van der Waals surface area contributed by atoms with Crippen LogP contribution < -0.4 is 20.4 Å². The molecular formula is C21H15ClN6O6S. The third-order valence-electron chi connectivity index (χ3n) is 4.52. The van der Waals surface area contributed by atoms with E-state index >= 15 is 0 Å². The molecule has 3 heterocycles. The van der Waals surface area contributed by atoms with Gasteiger partial charge in [0.2, 0.25) is 16.0 Å². The van der Waals surface area contributed by atoms with E-state index in [9.17, 15) is 14.9 Å². The minimum atomic E-state index is -0.989. The van der Waals surface area contributed by atoms with E-state index in [1.165, 1.54) is 30.1 Å². The SMILES string of the molecule is COc1cccc(C#N)c1-c1cc(C(=O)Nc2nnc(-n3nccc3Cl)s2)oc(=O)c1OCCO. The molecule has 0 aliphatic heterocycles. The van der Waals surface area contributed by atoms with Gasteiger partial charge in [0.1, 0.15) is 17.5 Å². The molecule has 1 amide bonds. The zero-order chi connectivity index (χ0) is 24.9. The van der Waals surface area contributed by atoms with Crippen LogP contribution in [0.4, 0.5) is 5.13 Å². The lowest BCUT2D eigenvalue weighted by Crippen LogP contribution is -2.18. The molecular weight excluding hydrogens is 500 g/mol. The monoisotopic (exact) mass is 514 g/mol. The van der Waals surface area contributed by atoms with E-state index in [4.69, 9.17) is 30.6 Å². The number of hydrogen-bond donors (Lipinski definition) is 2. The summed E-state index contributed by atoms with van der Waals surface area (Å²) in [5.41, 5.74) is -0.522. The highest BCUT2D eigenvalue weighted by Gasteiger charge is 2.24. The van der Waals surface area contributed by atoms with Crippen molar-refractivity contribution in [2.24, 2.45) is 0 Å². The van der Waals surface area contributed by atoms with Crippen molar-refractivity contribution >= 4 is 34.0 Å². The number of methoxy groups -OCH3 is 1. The Morgan fingerprint density at radius 2 is 2.20 bits per heavy atom. The van der Waals surface area contributed by atoms with Gasteiger partial charge in [-0.15, -0.1) is 10.2 Å². The minimum absolute atomic E-state index is 0.0788. The number of aromatic nitrogens is 4. The maximum absolute atomic E-state index is 12.9. The third kappa shape index (κ3) is 4.85. The number of amides is 1. The van der Waals surface area contributed by atoms with Crippen molar-refractivity contribution in [2.45, 2.75) is 0 Å². The number of nitrogens with one attached hydrogen (secondary N) is 1. The van der Waals surface area contributed by atoms with Gasteiger partial charge in [-0.25, -0.2) is 4.79 Å². The molecule has 0 unspecified atom stereocenters. The van der Waals surface area contributed by atoms with Crippen LogP contribution in [0.15, 0.2) is 45.7 Å². The summed E-state index contributed by atoms with van der Waals surface area (Å²) < 4.78 is 17.2. The maximum atomic E-state index is 12.9. The molecule has 3 aromatic heterocycles. The van der Waals surface area contributed by atoms with Gasteiger partial charge in [0, 0.05) is 11.1 Å². The number of carbonyl (C=O) groups is 1. The smallest absolute Gasteiger partial charge is 0.379 e. The van der Waals surface area contributed by atoms with Crippen molar-refractivity contribution in [3.05, 3.63) is 63.4 Å². The molecule has 0 aliphatic rings. The van der Waals surface area contributed by atoms with Gasteiger partial charge in [-0.05, 0) is 24.3 Å². The lowest BCUT2D eigenvalue weighted by molar-refractivity contribution is 0.0990. The van der Waals surface area contributed by atoms with Gasteiger partial charge in [-0.2, -0.15) is 15.0 Å². The lowest BCUT2D eigenvalue weighted by atomic mass is 9.98. The van der Waals surface area contributed by atoms with Gasteiger partial charge < -0.3 is 19.0 Å². The van der Waals surface area contributed by atoms with E-state index in [1.54, 1.807) is 18.2 Å². The Morgan fingerprint density at radius 1 is 1.37 bits per heavy atom. The molecule has 0 aliphatic carbocycles. The maximum Gasteiger partial charge on any atom is 0.379 e. The number of nitrogens with zero attached hydrogens (tertiary/aromatic N) is 5. The summed E-state index contributed by atoms with van der Waals surface area (Å²) in [4.78, 5) is 25.7. The van der Waals surface area contributed by atoms with Gasteiger partial charge in [-0.3, -0.25) is 10.1 Å². The number of hydrogen-bond acceptors (Lipinski definition) is 11. The van der Waals surface area contributed by atoms with Crippen LogP contribution in [0.25, 0.3) is 16.3 Å². The summed E-state index contributed by atoms with van der Waals surface area (Å²) in [6.07, 6.45) is 1.48. The first kappa shape index (κ1) is 23.9. The van der Waals surface area contributed by atoms with Crippen LogP contribution in [-0.2, 0) is 0 Å². The first-order chi connectivity index (χ1) is 17.0. The molecule has 35 heavy (non-hydrogen) atoms. The Kier molecular flexibility index (Phi) is 7.06. The predicted octanol–water partition coefficient (Wildman–Crippen LogP) is 2.50. The average molecular weight is 515 g/mol. The molecule has 4 rings (SSSR count). The molecule has 14 heteroatoms. The number of rotatable bonds is 8. The van der Waals surface area contributed by atoms with Crippen LogP contribution >= 0.6 is 22.9 Å². The van der Waals surface area contributed by atoms with Crippen LogP contribution in [0, 0.1) is 11.3 Å². The molecule has 0 saturated heterocycles. The molecule has 12 nitrogen and oxygen atoms in total. The van der Waals surface area contributed by atoms with Crippen molar-refractivity contribution in [3.8, 4) is 33.8 Å². The summed E-state index contributed by atoms with van der Waals surface area (Å²) >= 11 is 7.01. The third-order valence-corrected chi connectivity index (χ3v) is 5.62. The molecule has 0 radical (unpaired) electrons. The second-order valence-corrected chi connectivity index (χ2v) is 7.96. The van der Waals surface area contributed by atoms with E-state index in [2.05, 4.69) is 20.6 Å². The molecule has 4 aromatic rings. The van der Waals surface area contributed by atoms with E-state index in [-0.39, 0.29) is 52.3 Å². The number of anilines is 1. The Hall–Kier alpha value is -4.25. The van der Waals surface area contributed by atoms with Gasteiger partial charge in [-0.1, -0.05) is 29.0 Å². The fourth-order valence-corrected chi connectivity index (χ4v) is 4.02. The second kappa shape index (κ2) is 10.3. The predicted molar refractivity (Wildman–Crippen MR) is 124 cm³/mol. The van der Waals surface area contributed by atoms with Crippen LogP contribution in [0.3, 0.4) is 0 Å². The summed E-state index contributed by atoms with van der Waals surface area (Å²) in [7, 11) is 1.40. The lowest BCUT2D eigenvalue weighted by Gasteiger charge is -2.14. The van der Waals surface area contributed by atoms with E-state index in [0.29, 0.717) is 10.3 Å². The topological polar surface area (TPSA) is 165 Å². The molecule has 0 bridgehead atoms. The zero-order valence-electron chi connectivity index (χ0n) is 17.9. The quantitative estimate of drug-likeness (QED) is 0.356. The molecule has 178 valence electrons. The normalized spacial score (nSPS) is 10.6. The highest BCUT2D eigenvalue weighted by Crippen LogP contribution is 2.38. The fourth-order valence-electron chi connectivity index (χ4n) is 3.07. The zero-order valence-corrected chi connectivity index (χ0v) is 19.5. The summed E-state index contributed by atoms with van der Waals surface area (Å²) in [6, 6.07) is 9.54.